The van der Waals surface area contributed by atoms with Crippen molar-refractivity contribution in [3.63, 3.8) is 0 Å². The molecule has 8 nitrogen and oxygen atoms in total. The van der Waals surface area contributed by atoms with Crippen molar-refractivity contribution >= 4 is 40.8 Å². The van der Waals surface area contributed by atoms with E-state index in [1.54, 1.807) is 42.9 Å². The summed E-state index contributed by atoms with van der Waals surface area (Å²) in [5.41, 5.74) is 1.03. The number of rotatable bonds is 7. The molecule has 2 rings (SSSR count). The Bertz CT molecular complexity index is 807. The normalized spacial score (nSPS) is 10.1. The number of nitrogens with one attached hydrogen (secondary N) is 2. The second kappa shape index (κ2) is 9.58. The standard InChI is InChI=1S/C18H20N4O4S/c1-21(2)17(23)11-12-27-16-9-5-14(6-10-16)20-18(24)19-13-3-7-15(8-4-13)22(25)26/h3-10H,11-12H2,1-2H3,(H2,19,20,24). The van der Waals surface area contributed by atoms with Crippen molar-refractivity contribution in [2.45, 2.75) is 11.3 Å². The molecule has 2 aromatic carbocycles. The lowest BCUT2D eigenvalue weighted by molar-refractivity contribution is -0.384. The summed E-state index contributed by atoms with van der Waals surface area (Å²) < 4.78 is 0. The summed E-state index contributed by atoms with van der Waals surface area (Å²) in [6, 6.07) is 12.4. The largest absolute Gasteiger partial charge is 0.349 e. The van der Waals surface area contributed by atoms with Crippen molar-refractivity contribution < 1.29 is 14.5 Å². The van der Waals surface area contributed by atoms with Gasteiger partial charge in [0.25, 0.3) is 5.69 Å². The average Bonchev–Trinajstić information content (AvgIpc) is 2.63. The fourth-order valence-electron chi connectivity index (χ4n) is 2.07. The number of carbonyl (C=O) groups is 2. The SMILES string of the molecule is CN(C)C(=O)CCSc1ccc(NC(=O)Nc2ccc([N+](=O)[O-])cc2)cc1. The second-order valence-corrected chi connectivity index (χ2v) is 6.96. The Balaban J connectivity index is 1.82. The third-order valence-electron chi connectivity index (χ3n) is 3.53. The van der Waals surface area contributed by atoms with Gasteiger partial charge in [-0.05, 0) is 36.4 Å². The third kappa shape index (κ3) is 6.63. The highest BCUT2D eigenvalue weighted by Gasteiger charge is 2.07. The maximum Gasteiger partial charge on any atom is 0.323 e. The number of urea groups is 1. The van der Waals surface area contributed by atoms with Crippen molar-refractivity contribution in [1.29, 1.82) is 0 Å². The van der Waals surface area contributed by atoms with Gasteiger partial charge in [-0.1, -0.05) is 0 Å². The number of nitrogens with zero attached hydrogens (tertiary/aromatic N) is 2. The Kier molecular flexibility index (Phi) is 7.18. The van der Waals surface area contributed by atoms with Crippen molar-refractivity contribution in [2.24, 2.45) is 0 Å². The van der Waals surface area contributed by atoms with Crippen LogP contribution in [-0.2, 0) is 4.79 Å². The highest BCUT2D eigenvalue weighted by molar-refractivity contribution is 7.99. The lowest BCUT2D eigenvalue weighted by Gasteiger charge is -2.10. The van der Waals surface area contributed by atoms with Crippen molar-refractivity contribution in [2.75, 3.05) is 30.5 Å². The van der Waals surface area contributed by atoms with Gasteiger partial charge in [0.15, 0.2) is 0 Å². The minimum Gasteiger partial charge on any atom is -0.349 e. The summed E-state index contributed by atoms with van der Waals surface area (Å²) in [6.45, 7) is 0. The van der Waals surface area contributed by atoms with Crippen LogP contribution in [0.5, 0.6) is 0 Å². The minimum absolute atomic E-state index is 0.0404. The molecule has 0 radical (unpaired) electrons. The molecule has 0 bridgehead atoms. The van der Waals surface area contributed by atoms with Crippen LogP contribution in [0.25, 0.3) is 0 Å². The van der Waals surface area contributed by atoms with Crippen LogP contribution in [0.3, 0.4) is 0 Å². The summed E-state index contributed by atoms with van der Waals surface area (Å²) in [5.74, 6) is 0.772. The van der Waals surface area contributed by atoms with Gasteiger partial charge in [0, 0.05) is 54.7 Å². The van der Waals surface area contributed by atoms with E-state index in [0.29, 0.717) is 23.5 Å². The van der Waals surface area contributed by atoms with E-state index in [0.717, 1.165) is 4.90 Å². The van der Waals surface area contributed by atoms with Crippen molar-refractivity contribution in [3.05, 3.63) is 58.6 Å². The smallest absolute Gasteiger partial charge is 0.323 e. The number of benzene rings is 2. The van der Waals surface area contributed by atoms with Crippen LogP contribution in [0.4, 0.5) is 21.9 Å². The molecule has 0 aliphatic heterocycles. The van der Waals surface area contributed by atoms with Gasteiger partial charge in [0.05, 0.1) is 4.92 Å². The molecule has 142 valence electrons. The second-order valence-electron chi connectivity index (χ2n) is 5.79. The number of non-ortho nitro benzene ring substituents is 1. The maximum atomic E-state index is 12.0. The molecular formula is C18H20N4O4S. The zero-order chi connectivity index (χ0) is 19.8. The zero-order valence-electron chi connectivity index (χ0n) is 15.0. The van der Waals surface area contributed by atoms with E-state index < -0.39 is 11.0 Å². The topological polar surface area (TPSA) is 105 Å². The molecule has 0 aromatic heterocycles. The molecule has 2 N–H and O–H groups in total. The molecular weight excluding hydrogens is 368 g/mol. The number of nitro groups is 1. The molecule has 0 atom stereocenters. The quantitative estimate of drug-likeness (QED) is 0.426. The van der Waals surface area contributed by atoms with Gasteiger partial charge in [-0.25, -0.2) is 4.79 Å². The summed E-state index contributed by atoms with van der Waals surface area (Å²) >= 11 is 1.57. The molecule has 0 aliphatic rings. The van der Waals surface area contributed by atoms with E-state index in [1.807, 2.05) is 12.1 Å². The van der Waals surface area contributed by atoms with Crippen LogP contribution in [0.15, 0.2) is 53.4 Å². The first-order chi connectivity index (χ1) is 12.8. The summed E-state index contributed by atoms with van der Waals surface area (Å²) in [4.78, 5) is 36.2. The molecule has 0 fully saturated rings. The molecule has 3 amide bonds. The van der Waals surface area contributed by atoms with E-state index in [2.05, 4.69) is 10.6 Å². The van der Waals surface area contributed by atoms with E-state index in [1.165, 1.54) is 24.3 Å². The Morgan fingerprint density at radius 1 is 1.00 bits per heavy atom. The van der Waals surface area contributed by atoms with Crippen LogP contribution in [0.2, 0.25) is 0 Å². The highest BCUT2D eigenvalue weighted by atomic mass is 32.2. The van der Waals surface area contributed by atoms with Crippen molar-refractivity contribution in [1.82, 2.24) is 4.90 Å². The third-order valence-corrected chi connectivity index (χ3v) is 4.55. The fraction of sp³-hybridized carbons (Fsp3) is 0.222. The van der Waals surface area contributed by atoms with E-state index in [-0.39, 0.29) is 11.6 Å². The zero-order valence-corrected chi connectivity index (χ0v) is 15.8. The molecule has 0 heterocycles. The van der Waals surface area contributed by atoms with Crippen molar-refractivity contribution in [3.8, 4) is 0 Å². The lowest BCUT2D eigenvalue weighted by atomic mass is 10.3. The number of nitro benzene ring substituents is 1. The first-order valence-electron chi connectivity index (χ1n) is 8.10. The van der Waals surface area contributed by atoms with Gasteiger partial charge in [-0.3, -0.25) is 14.9 Å². The van der Waals surface area contributed by atoms with Gasteiger partial charge >= 0.3 is 6.03 Å². The molecule has 0 spiro atoms. The fourth-order valence-corrected chi connectivity index (χ4v) is 2.92. The predicted octanol–water partition coefficient (Wildman–Crippen LogP) is 3.81. The molecule has 0 aliphatic carbocycles. The van der Waals surface area contributed by atoms with Crippen LogP contribution in [-0.4, -0.2) is 41.6 Å². The Morgan fingerprint density at radius 2 is 1.52 bits per heavy atom. The number of carbonyl (C=O) groups excluding carboxylic acids is 2. The van der Waals surface area contributed by atoms with E-state index >= 15 is 0 Å². The van der Waals surface area contributed by atoms with Gasteiger partial charge in [0.2, 0.25) is 5.91 Å². The molecule has 9 heteroatoms. The Hall–Kier alpha value is -3.07. The molecule has 27 heavy (non-hydrogen) atoms. The predicted molar refractivity (Wildman–Crippen MR) is 106 cm³/mol. The highest BCUT2D eigenvalue weighted by Crippen LogP contribution is 2.21. The molecule has 0 unspecified atom stereocenters. The van der Waals surface area contributed by atoms with Gasteiger partial charge < -0.3 is 15.5 Å². The van der Waals surface area contributed by atoms with E-state index in [4.69, 9.17) is 0 Å². The van der Waals surface area contributed by atoms with Gasteiger partial charge in [-0.2, -0.15) is 0 Å². The summed E-state index contributed by atoms with van der Waals surface area (Å²) in [7, 11) is 3.46. The molecule has 0 saturated carbocycles. The van der Waals surface area contributed by atoms with Crippen LogP contribution >= 0.6 is 11.8 Å². The number of amides is 3. The lowest BCUT2D eigenvalue weighted by Crippen LogP contribution is -2.21. The molecule has 0 saturated heterocycles. The number of hydrogen-bond donors (Lipinski definition) is 2. The van der Waals surface area contributed by atoms with Gasteiger partial charge in [0.1, 0.15) is 0 Å². The summed E-state index contributed by atoms with van der Waals surface area (Å²) in [6.07, 6.45) is 0.468. The van der Waals surface area contributed by atoms with Gasteiger partial charge in [-0.15, -0.1) is 11.8 Å². The maximum absolute atomic E-state index is 12.0. The number of hydrogen-bond acceptors (Lipinski definition) is 5. The summed E-state index contributed by atoms with van der Waals surface area (Å²) in [5, 5.41) is 15.9. The first kappa shape index (κ1) is 20.2. The number of anilines is 2. The number of thioether (sulfide) groups is 1. The van der Waals surface area contributed by atoms with Crippen LogP contribution < -0.4 is 10.6 Å². The average molecular weight is 388 g/mol. The Labute approximate surface area is 161 Å². The molecule has 2 aromatic rings. The first-order valence-corrected chi connectivity index (χ1v) is 9.09. The van der Waals surface area contributed by atoms with Crippen LogP contribution in [0, 0.1) is 10.1 Å². The van der Waals surface area contributed by atoms with E-state index in [9.17, 15) is 19.7 Å². The minimum atomic E-state index is -0.500. The Morgan fingerprint density at radius 3 is 2.00 bits per heavy atom. The monoisotopic (exact) mass is 388 g/mol. The van der Waals surface area contributed by atoms with Crippen LogP contribution in [0.1, 0.15) is 6.42 Å².